The van der Waals surface area contributed by atoms with Gasteiger partial charge in [-0.2, -0.15) is 5.26 Å². The van der Waals surface area contributed by atoms with E-state index in [-0.39, 0.29) is 11.2 Å². The lowest BCUT2D eigenvalue weighted by Crippen LogP contribution is -2.22. The van der Waals surface area contributed by atoms with Gasteiger partial charge in [-0.3, -0.25) is 4.79 Å². The summed E-state index contributed by atoms with van der Waals surface area (Å²) < 4.78 is 0. The van der Waals surface area contributed by atoms with Gasteiger partial charge in [0.1, 0.15) is 11.1 Å². The number of nitrogens with zero attached hydrogens (tertiary/aromatic N) is 3. The van der Waals surface area contributed by atoms with Crippen LogP contribution < -0.4 is 5.32 Å². The number of thioether (sulfide) groups is 1. The van der Waals surface area contributed by atoms with E-state index in [2.05, 4.69) is 35.2 Å². The number of hydrogen-bond donors (Lipinski definition) is 1. The van der Waals surface area contributed by atoms with Crippen molar-refractivity contribution >= 4 is 34.1 Å². The Hall–Kier alpha value is -1.91. The number of amides is 1. The molecule has 5 nitrogen and oxygen atoms in total. The Morgan fingerprint density at radius 1 is 1.43 bits per heavy atom. The van der Waals surface area contributed by atoms with Crippen molar-refractivity contribution in [2.24, 2.45) is 5.92 Å². The van der Waals surface area contributed by atoms with E-state index >= 15 is 0 Å². The van der Waals surface area contributed by atoms with E-state index in [0.717, 1.165) is 12.1 Å². The molecule has 1 atom stereocenters. The van der Waals surface area contributed by atoms with E-state index in [4.69, 9.17) is 0 Å². The molecule has 0 spiro atoms. The zero-order chi connectivity index (χ0) is 16.8. The Morgan fingerprint density at radius 2 is 2.22 bits per heavy atom. The lowest BCUT2D eigenvalue weighted by Gasteiger charge is -2.12. The van der Waals surface area contributed by atoms with Crippen LogP contribution >= 0.6 is 23.1 Å². The fourth-order valence-corrected chi connectivity index (χ4v) is 3.34. The van der Waals surface area contributed by atoms with E-state index in [1.165, 1.54) is 23.1 Å². The van der Waals surface area contributed by atoms with Gasteiger partial charge in [0.15, 0.2) is 5.13 Å². The number of hydrogen-bond acceptors (Lipinski definition) is 6. The molecule has 0 aliphatic rings. The second-order valence-corrected chi connectivity index (χ2v) is 7.68. The van der Waals surface area contributed by atoms with Crippen LogP contribution in [0.4, 0.5) is 5.13 Å². The third-order valence-corrected chi connectivity index (χ3v) is 4.77. The average Bonchev–Trinajstić information content (AvgIpc) is 2.99. The molecule has 2 aromatic heterocycles. The minimum atomic E-state index is -0.368. The third-order valence-electron chi connectivity index (χ3n) is 2.98. The summed E-state index contributed by atoms with van der Waals surface area (Å²) in [4.78, 5) is 20.8. The molecule has 0 bridgehead atoms. The Morgan fingerprint density at radius 3 is 2.83 bits per heavy atom. The summed E-state index contributed by atoms with van der Waals surface area (Å²) in [5, 5.41) is 14.6. The van der Waals surface area contributed by atoms with Crippen molar-refractivity contribution in [1.82, 2.24) is 9.97 Å². The molecule has 23 heavy (non-hydrogen) atoms. The largest absolute Gasteiger partial charge is 0.301 e. The van der Waals surface area contributed by atoms with Crippen LogP contribution in [0.5, 0.6) is 0 Å². The Labute approximate surface area is 144 Å². The van der Waals surface area contributed by atoms with Crippen LogP contribution in [0.2, 0.25) is 0 Å². The van der Waals surface area contributed by atoms with Crippen LogP contribution in [0.3, 0.4) is 0 Å². The number of nitrogens with one attached hydrogen (secondary N) is 1. The van der Waals surface area contributed by atoms with Gasteiger partial charge in [0, 0.05) is 17.3 Å². The summed E-state index contributed by atoms with van der Waals surface area (Å²) in [5.41, 5.74) is 1.44. The van der Waals surface area contributed by atoms with Gasteiger partial charge in [-0.1, -0.05) is 25.6 Å². The molecule has 0 aliphatic heterocycles. The topological polar surface area (TPSA) is 78.7 Å². The Balaban J connectivity index is 2.10. The van der Waals surface area contributed by atoms with Crippen molar-refractivity contribution in [3.8, 4) is 6.07 Å². The molecule has 2 heterocycles. The zero-order valence-electron chi connectivity index (χ0n) is 13.2. The zero-order valence-corrected chi connectivity index (χ0v) is 14.9. The average molecular weight is 346 g/mol. The van der Waals surface area contributed by atoms with Crippen LogP contribution in [0.1, 0.15) is 32.0 Å². The number of aromatic nitrogens is 2. The smallest absolute Gasteiger partial charge is 0.239 e. The SMILES string of the molecule is CC(C)Cc1ccc(C#N)c(SC(C)C(=O)Nc2nccs2)n1. The minimum absolute atomic E-state index is 0.148. The molecule has 0 fully saturated rings. The van der Waals surface area contributed by atoms with Gasteiger partial charge in [0.25, 0.3) is 0 Å². The van der Waals surface area contributed by atoms with Gasteiger partial charge in [-0.25, -0.2) is 9.97 Å². The first kappa shape index (κ1) is 17.4. The molecule has 2 aromatic rings. The monoisotopic (exact) mass is 346 g/mol. The molecule has 0 saturated heterocycles. The van der Waals surface area contributed by atoms with Gasteiger partial charge in [-0.05, 0) is 31.4 Å². The van der Waals surface area contributed by atoms with E-state index in [1.54, 1.807) is 24.6 Å². The Bertz CT molecular complexity index is 707. The number of rotatable bonds is 6. The summed E-state index contributed by atoms with van der Waals surface area (Å²) in [7, 11) is 0. The van der Waals surface area contributed by atoms with Crippen molar-refractivity contribution < 1.29 is 4.79 Å². The van der Waals surface area contributed by atoms with Crippen LogP contribution in [-0.2, 0) is 11.2 Å². The fourth-order valence-electron chi connectivity index (χ4n) is 1.90. The lowest BCUT2D eigenvalue weighted by atomic mass is 10.1. The van der Waals surface area contributed by atoms with Gasteiger partial charge in [0.2, 0.25) is 5.91 Å². The highest BCUT2D eigenvalue weighted by Crippen LogP contribution is 2.26. The van der Waals surface area contributed by atoms with Gasteiger partial charge < -0.3 is 5.32 Å². The highest BCUT2D eigenvalue weighted by molar-refractivity contribution is 8.00. The molecule has 7 heteroatoms. The maximum Gasteiger partial charge on any atom is 0.239 e. The quantitative estimate of drug-likeness (QED) is 0.806. The molecule has 0 aromatic carbocycles. The molecular formula is C16H18N4OS2. The molecular weight excluding hydrogens is 328 g/mol. The summed E-state index contributed by atoms with van der Waals surface area (Å²) in [6.07, 6.45) is 2.49. The van der Waals surface area contributed by atoms with Crippen LogP contribution in [0.15, 0.2) is 28.7 Å². The highest BCUT2D eigenvalue weighted by atomic mass is 32.2. The number of nitriles is 1. The number of pyridine rings is 1. The summed E-state index contributed by atoms with van der Waals surface area (Å²) in [6, 6.07) is 5.79. The summed E-state index contributed by atoms with van der Waals surface area (Å²) in [5.74, 6) is 0.337. The third kappa shape index (κ3) is 5.05. The number of carbonyl (C=O) groups excluding carboxylic acids is 1. The lowest BCUT2D eigenvalue weighted by molar-refractivity contribution is -0.115. The first-order chi connectivity index (χ1) is 11.0. The molecule has 1 N–H and O–H groups in total. The van der Waals surface area contributed by atoms with Crippen LogP contribution in [0.25, 0.3) is 0 Å². The predicted octanol–water partition coefficient (Wildman–Crippen LogP) is 3.73. The van der Waals surface area contributed by atoms with Crippen LogP contribution in [0, 0.1) is 17.2 Å². The summed E-state index contributed by atoms with van der Waals surface area (Å²) in [6.45, 7) is 6.04. The van der Waals surface area contributed by atoms with Crippen molar-refractivity contribution in [3.63, 3.8) is 0 Å². The molecule has 0 saturated carbocycles. The number of carbonyl (C=O) groups is 1. The van der Waals surface area contributed by atoms with Gasteiger partial charge in [-0.15, -0.1) is 11.3 Å². The first-order valence-electron chi connectivity index (χ1n) is 7.26. The molecule has 0 radical (unpaired) electrons. The Kier molecular flexibility index (Phi) is 6.13. The molecule has 0 aliphatic carbocycles. The first-order valence-corrected chi connectivity index (χ1v) is 9.02. The van der Waals surface area contributed by atoms with Crippen molar-refractivity contribution in [3.05, 3.63) is 35.0 Å². The normalized spacial score (nSPS) is 12.0. The standard InChI is InChI=1S/C16H18N4OS2/c1-10(2)8-13-5-4-12(9-17)15(19-13)23-11(3)14(21)20-16-18-6-7-22-16/h4-7,10-11H,8H2,1-3H3,(H,18,20,21). The van der Waals surface area contributed by atoms with E-state index < -0.39 is 0 Å². The van der Waals surface area contributed by atoms with E-state index in [1.807, 2.05) is 6.07 Å². The number of thiazole rings is 1. The van der Waals surface area contributed by atoms with Crippen molar-refractivity contribution in [2.75, 3.05) is 5.32 Å². The maximum absolute atomic E-state index is 12.2. The second kappa shape index (κ2) is 8.09. The van der Waals surface area contributed by atoms with Crippen molar-refractivity contribution in [2.45, 2.75) is 37.5 Å². The molecule has 2 rings (SSSR count). The number of anilines is 1. The highest BCUT2D eigenvalue weighted by Gasteiger charge is 2.18. The van der Waals surface area contributed by atoms with Gasteiger partial charge in [0.05, 0.1) is 10.8 Å². The molecule has 1 unspecified atom stereocenters. The van der Waals surface area contributed by atoms with Gasteiger partial charge >= 0.3 is 0 Å². The fraction of sp³-hybridized carbons (Fsp3) is 0.375. The van der Waals surface area contributed by atoms with E-state index in [9.17, 15) is 10.1 Å². The predicted molar refractivity (Wildman–Crippen MR) is 93.6 cm³/mol. The van der Waals surface area contributed by atoms with Crippen molar-refractivity contribution in [1.29, 1.82) is 5.26 Å². The molecule has 120 valence electrons. The second-order valence-electron chi connectivity index (χ2n) is 5.45. The summed E-state index contributed by atoms with van der Waals surface area (Å²) >= 11 is 2.67. The minimum Gasteiger partial charge on any atom is -0.301 e. The molecule has 1 amide bonds. The van der Waals surface area contributed by atoms with E-state index in [0.29, 0.717) is 21.6 Å². The maximum atomic E-state index is 12.2. The van der Waals surface area contributed by atoms with Crippen LogP contribution in [-0.4, -0.2) is 21.1 Å².